The Morgan fingerprint density at radius 1 is 1.53 bits per heavy atom. The summed E-state index contributed by atoms with van der Waals surface area (Å²) in [5, 5.41) is 2.23. The van der Waals surface area contributed by atoms with Gasteiger partial charge in [0.15, 0.2) is 0 Å². The Labute approximate surface area is 93.4 Å². The number of nitrogens with zero attached hydrogens (tertiary/aromatic N) is 1. The molecule has 1 aliphatic carbocycles. The molecule has 78 valence electrons. The molecule has 2 aromatic heterocycles. The number of imidazole rings is 1. The van der Waals surface area contributed by atoms with Crippen LogP contribution in [-0.4, -0.2) is 9.97 Å². The van der Waals surface area contributed by atoms with E-state index >= 15 is 0 Å². The van der Waals surface area contributed by atoms with Crippen molar-refractivity contribution in [2.45, 2.75) is 25.7 Å². The van der Waals surface area contributed by atoms with Crippen molar-refractivity contribution in [2.75, 3.05) is 0 Å². The van der Waals surface area contributed by atoms with E-state index in [-0.39, 0.29) is 0 Å². The second-order valence-corrected chi connectivity index (χ2v) is 5.26. The van der Waals surface area contributed by atoms with Gasteiger partial charge in [0, 0.05) is 16.8 Å². The minimum atomic E-state index is 0.799. The van der Waals surface area contributed by atoms with Crippen LogP contribution in [0.25, 0.3) is 0 Å². The Balaban J connectivity index is 1.71. The first-order chi connectivity index (χ1) is 7.42. The van der Waals surface area contributed by atoms with Gasteiger partial charge in [0.05, 0.1) is 6.33 Å². The molecule has 1 aliphatic rings. The standard InChI is InChI=1S/C12H14N2S/c1-2-12-10(3-4-15-12)5-9(1)6-11-7-13-8-14-11/h3-4,7-9H,1-2,5-6H2,(H,13,14). The van der Waals surface area contributed by atoms with Gasteiger partial charge in [0.2, 0.25) is 0 Å². The lowest BCUT2D eigenvalue weighted by molar-refractivity contribution is 0.456. The highest BCUT2D eigenvalue weighted by atomic mass is 32.1. The van der Waals surface area contributed by atoms with E-state index in [4.69, 9.17) is 0 Å². The number of nitrogens with one attached hydrogen (secondary N) is 1. The molecule has 3 rings (SSSR count). The van der Waals surface area contributed by atoms with Crippen LogP contribution in [0.1, 0.15) is 22.6 Å². The van der Waals surface area contributed by atoms with E-state index in [1.165, 1.54) is 25.0 Å². The summed E-state index contributed by atoms with van der Waals surface area (Å²) < 4.78 is 0. The van der Waals surface area contributed by atoms with Gasteiger partial charge >= 0.3 is 0 Å². The number of rotatable bonds is 2. The zero-order chi connectivity index (χ0) is 10.1. The van der Waals surface area contributed by atoms with Gasteiger partial charge in [0.1, 0.15) is 0 Å². The van der Waals surface area contributed by atoms with Crippen LogP contribution < -0.4 is 0 Å². The average Bonchev–Trinajstić information content (AvgIpc) is 2.87. The summed E-state index contributed by atoms with van der Waals surface area (Å²) in [6.07, 6.45) is 8.71. The van der Waals surface area contributed by atoms with Crippen molar-refractivity contribution in [3.63, 3.8) is 0 Å². The highest BCUT2D eigenvalue weighted by Crippen LogP contribution is 2.30. The molecule has 0 fully saturated rings. The fourth-order valence-corrected chi connectivity index (χ4v) is 3.33. The molecule has 1 atom stereocenters. The molecule has 1 N–H and O–H groups in total. The summed E-state index contributed by atoms with van der Waals surface area (Å²) in [4.78, 5) is 8.87. The normalized spacial score (nSPS) is 20.1. The van der Waals surface area contributed by atoms with E-state index in [0.29, 0.717) is 0 Å². The highest BCUT2D eigenvalue weighted by Gasteiger charge is 2.19. The number of H-pyrrole nitrogens is 1. The van der Waals surface area contributed by atoms with Gasteiger partial charge in [-0.2, -0.15) is 0 Å². The predicted octanol–water partition coefficient (Wildman–Crippen LogP) is 2.82. The Kier molecular flexibility index (Phi) is 2.33. The number of aryl methyl sites for hydroxylation is 1. The van der Waals surface area contributed by atoms with Crippen LogP contribution in [0.2, 0.25) is 0 Å². The first-order valence-electron chi connectivity index (χ1n) is 5.44. The molecule has 3 heteroatoms. The third kappa shape index (κ3) is 1.84. The van der Waals surface area contributed by atoms with E-state index in [0.717, 1.165) is 12.3 Å². The van der Waals surface area contributed by atoms with E-state index in [1.54, 1.807) is 16.8 Å². The maximum absolute atomic E-state index is 4.07. The van der Waals surface area contributed by atoms with Crippen molar-refractivity contribution >= 4 is 11.3 Å². The monoisotopic (exact) mass is 218 g/mol. The van der Waals surface area contributed by atoms with Gasteiger partial charge in [-0.05, 0) is 48.6 Å². The van der Waals surface area contributed by atoms with Crippen LogP contribution >= 0.6 is 11.3 Å². The predicted molar refractivity (Wildman–Crippen MR) is 62.1 cm³/mol. The lowest BCUT2D eigenvalue weighted by atomic mass is 9.86. The second-order valence-electron chi connectivity index (χ2n) is 4.26. The van der Waals surface area contributed by atoms with Gasteiger partial charge in [-0.3, -0.25) is 0 Å². The summed E-state index contributed by atoms with van der Waals surface area (Å²) in [5.41, 5.74) is 2.86. The molecule has 2 nitrogen and oxygen atoms in total. The number of thiophene rings is 1. The van der Waals surface area contributed by atoms with Gasteiger partial charge in [-0.1, -0.05) is 0 Å². The van der Waals surface area contributed by atoms with E-state index in [2.05, 4.69) is 21.4 Å². The number of aromatic amines is 1. The molecule has 15 heavy (non-hydrogen) atoms. The second kappa shape index (κ2) is 3.81. The Bertz CT molecular complexity index is 430. The molecule has 0 spiro atoms. The lowest BCUT2D eigenvalue weighted by Gasteiger charge is -2.21. The third-order valence-electron chi connectivity index (χ3n) is 3.19. The minimum absolute atomic E-state index is 0.799. The number of fused-ring (bicyclic) bond motifs is 1. The summed E-state index contributed by atoms with van der Waals surface area (Å²) >= 11 is 1.92. The van der Waals surface area contributed by atoms with Crippen molar-refractivity contribution in [3.8, 4) is 0 Å². The molecule has 0 bridgehead atoms. The van der Waals surface area contributed by atoms with E-state index < -0.39 is 0 Å². The average molecular weight is 218 g/mol. The number of hydrogen-bond donors (Lipinski definition) is 1. The molecule has 0 saturated carbocycles. The minimum Gasteiger partial charge on any atom is -0.348 e. The SMILES string of the molecule is c1ncc(CC2CCc3sccc3C2)[nH]1. The van der Waals surface area contributed by atoms with E-state index in [9.17, 15) is 0 Å². The molecule has 1 unspecified atom stereocenters. The fraction of sp³-hybridized carbons (Fsp3) is 0.417. The molecular weight excluding hydrogens is 204 g/mol. The molecular formula is C12H14N2S. The first-order valence-corrected chi connectivity index (χ1v) is 6.32. The molecule has 0 radical (unpaired) electrons. The van der Waals surface area contributed by atoms with Crippen LogP contribution in [-0.2, 0) is 19.3 Å². The topological polar surface area (TPSA) is 28.7 Å². The molecule has 0 amide bonds. The Morgan fingerprint density at radius 2 is 2.53 bits per heavy atom. The molecule has 2 aromatic rings. The zero-order valence-electron chi connectivity index (χ0n) is 8.57. The Hall–Kier alpha value is -1.09. The lowest BCUT2D eigenvalue weighted by Crippen LogP contribution is -2.14. The molecule has 2 heterocycles. The summed E-state index contributed by atoms with van der Waals surface area (Å²) in [7, 11) is 0. The van der Waals surface area contributed by atoms with Crippen molar-refractivity contribution in [2.24, 2.45) is 5.92 Å². The summed E-state index contributed by atoms with van der Waals surface area (Å²) in [5.74, 6) is 0.799. The van der Waals surface area contributed by atoms with E-state index in [1.807, 2.05) is 17.5 Å². The van der Waals surface area contributed by atoms with Crippen molar-refractivity contribution in [1.29, 1.82) is 0 Å². The van der Waals surface area contributed by atoms with Crippen LogP contribution in [0.3, 0.4) is 0 Å². The number of aromatic nitrogens is 2. The maximum atomic E-state index is 4.07. The van der Waals surface area contributed by atoms with Gasteiger partial charge in [0.25, 0.3) is 0 Å². The quantitative estimate of drug-likeness (QED) is 0.825. The van der Waals surface area contributed by atoms with Crippen LogP contribution in [0.5, 0.6) is 0 Å². The summed E-state index contributed by atoms with van der Waals surface area (Å²) in [6.45, 7) is 0. The smallest absolute Gasteiger partial charge is 0.0921 e. The molecule has 0 aliphatic heterocycles. The summed E-state index contributed by atoms with van der Waals surface area (Å²) in [6, 6.07) is 2.29. The molecule has 0 saturated heterocycles. The fourth-order valence-electron chi connectivity index (χ4n) is 2.40. The Morgan fingerprint density at radius 3 is 3.40 bits per heavy atom. The van der Waals surface area contributed by atoms with Gasteiger partial charge in [-0.25, -0.2) is 4.98 Å². The van der Waals surface area contributed by atoms with Crippen LogP contribution in [0, 0.1) is 5.92 Å². The molecule has 0 aromatic carbocycles. The van der Waals surface area contributed by atoms with Crippen molar-refractivity contribution in [1.82, 2.24) is 9.97 Å². The zero-order valence-corrected chi connectivity index (χ0v) is 9.39. The highest BCUT2D eigenvalue weighted by molar-refractivity contribution is 7.10. The van der Waals surface area contributed by atoms with Gasteiger partial charge < -0.3 is 4.98 Å². The van der Waals surface area contributed by atoms with Crippen LogP contribution in [0.4, 0.5) is 0 Å². The first kappa shape index (κ1) is 9.16. The van der Waals surface area contributed by atoms with Crippen LogP contribution in [0.15, 0.2) is 24.0 Å². The van der Waals surface area contributed by atoms with Crippen molar-refractivity contribution in [3.05, 3.63) is 40.1 Å². The maximum Gasteiger partial charge on any atom is 0.0921 e. The number of hydrogen-bond acceptors (Lipinski definition) is 2. The largest absolute Gasteiger partial charge is 0.348 e. The van der Waals surface area contributed by atoms with Gasteiger partial charge in [-0.15, -0.1) is 11.3 Å². The van der Waals surface area contributed by atoms with Crippen molar-refractivity contribution < 1.29 is 0 Å². The third-order valence-corrected chi connectivity index (χ3v) is 4.21.